The van der Waals surface area contributed by atoms with E-state index in [9.17, 15) is 4.79 Å². The summed E-state index contributed by atoms with van der Waals surface area (Å²) >= 11 is 6.61. The zero-order valence-corrected chi connectivity index (χ0v) is 37.3. The molecule has 0 saturated carbocycles. The van der Waals surface area contributed by atoms with Gasteiger partial charge in [-0.05, 0) is 135 Å². The number of unbranched alkanes of at least 4 members (excludes halogenated alkanes) is 6. The molecule has 8 bridgehead atoms. The summed E-state index contributed by atoms with van der Waals surface area (Å²) in [4.78, 5) is 36.5. The molecule has 9 heteroatoms. The summed E-state index contributed by atoms with van der Waals surface area (Å²) in [6.45, 7) is 8.44. The van der Waals surface area contributed by atoms with Crippen LogP contribution >= 0.6 is 45.8 Å². The van der Waals surface area contributed by atoms with E-state index >= 15 is 0 Å². The van der Waals surface area contributed by atoms with E-state index in [0.29, 0.717) is 0 Å². The van der Waals surface area contributed by atoms with Crippen LogP contribution in [0, 0.1) is 0 Å². The van der Waals surface area contributed by atoms with Crippen molar-refractivity contribution in [3.8, 4) is 29.9 Å². The number of rotatable bonds is 16. The number of H-pyrrole nitrogens is 2. The molecule has 2 aliphatic heterocycles. The van der Waals surface area contributed by atoms with Gasteiger partial charge in [-0.2, -0.15) is 0 Å². The van der Waals surface area contributed by atoms with Gasteiger partial charge in [0.05, 0.1) is 27.0 Å². The van der Waals surface area contributed by atoms with Crippen molar-refractivity contribution in [2.45, 2.75) is 109 Å². The summed E-state index contributed by atoms with van der Waals surface area (Å²) in [5, 5.41) is 0.116. The van der Waals surface area contributed by atoms with Crippen LogP contribution in [0.1, 0.15) is 125 Å². The molecule has 0 atom stereocenters. The van der Waals surface area contributed by atoms with Crippen molar-refractivity contribution in [1.29, 1.82) is 0 Å². The van der Waals surface area contributed by atoms with Crippen molar-refractivity contribution >= 4 is 97.3 Å². The fraction of sp³-hybridized carbons (Fsp3) is 0.327. The number of hydrogen-bond acceptors (Lipinski definition) is 7. The van der Waals surface area contributed by atoms with E-state index in [-0.39, 0.29) is 5.12 Å². The summed E-state index contributed by atoms with van der Waals surface area (Å²) in [6, 6.07) is 22.2. The van der Waals surface area contributed by atoms with E-state index in [1.54, 1.807) is 29.6 Å². The van der Waals surface area contributed by atoms with Gasteiger partial charge in [0.15, 0.2) is 5.12 Å². The van der Waals surface area contributed by atoms with Gasteiger partial charge < -0.3 is 9.97 Å². The topological polar surface area (TPSA) is 74.4 Å². The van der Waals surface area contributed by atoms with Crippen LogP contribution in [-0.4, -0.2) is 25.1 Å². The number of thiophene rings is 3. The molecule has 0 amide bonds. The largest absolute Gasteiger partial charge is 0.355 e. The maximum Gasteiger partial charge on any atom is 0.191 e. The molecule has 0 unspecified atom stereocenters. The number of fused-ring (bicyclic) bond motifs is 8. The van der Waals surface area contributed by atoms with Crippen molar-refractivity contribution in [3.05, 3.63) is 100 Å². The highest BCUT2D eigenvalue weighted by Crippen LogP contribution is 2.44. The third-order valence-corrected chi connectivity index (χ3v) is 15.5. The second kappa shape index (κ2) is 18.8. The fourth-order valence-electron chi connectivity index (χ4n) is 7.94. The van der Waals surface area contributed by atoms with Crippen LogP contribution in [0.25, 0.3) is 76.3 Å². The van der Waals surface area contributed by atoms with Crippen LogP contribution in [0.2, 0.25) is 0 Å². The van der Waals surface area contributed by atoms with Gasteiger partial charge in [-0.3, -0.25) is 4.79 Å². The molecule has 8 rings (SSSR count). The number of aromatic nitrogens is 4. The van der Waals surface area contributed by atoms with E-state index in [0.717, 1.165) is 87.6 Å². The number of thioether (sulfide) groups is 1. The van der Waals surface area contributed by atoms with Crippen LogP contribution in [0.5, 0.6) is 0 Å². The number of aromatic amines is 2. The smallest absolute Gasteiger partial charge is 0.191 e. The molecule has 0 aromatic carbocycles. The third-order valence-electron chi connectivity index (χ3n) is 10.9. The third kappa shape index (κ3) is 8.98. The molecule has 2 aliphatic rings. The molecule has 0 saturated heterocycles. The van der Waals surface area contributed by atoms with Crippen LogP contribution in [0.3, 0.4) is 0 Å². The van der Waals surface area contributed by atoms with Crippen LogP contribution < -0.4 is 0 Å². The lowest BCUT2D eigenvalue weighted by Gasteiger charge is -2.06. The lowest BCUT2D eigenvalue weighted by Crippen LogP contribution is -1.95. The van der Waals surface area contributed by atoms with Gasteiger partial charge in [-0.1, -0.05) is 59.3 Å². The SMILES string of the molecule is CCCCCc1c2nc(c(CCCCC)c3ccc([nH]3)c(-c3ccc(-c4ccc(-c5ccc(SC(C)=O)s5)s4)s3)c3nc(c(CCCCC)c4ccc1[nH]4)C=C3)C=C2. The van der Waals surface area contributed by atoms with Crippen molar-refractivity contribution < 1.29 is 4.79 Å². The molecule has 6 aromatic heterocycles. The van der Waals surface area contributed by atoms with Gasteiger partial charge in [0.1, 0.15) is 0 Å². The molecule has 6 aromatic rings. The maximum absolute atomic E-state index is 11.7. The van der Waals surface area contributed by atoms with Crippen molar-refractivity contribution in [1.82, 2.24) is 19.9 Å². The molecule has 0 spiro atoms. The summed E-state index contributed by atoms with van der Waals surface area (Å²) in [5.41, 5.74) is 13.7. The Balaban J connectivity index is 1.32. The van der Waals surface area contributed by atoms with Gasteiger partial charge in [0.2, 0.25) is 0 Å². The number of hydrogen-bond donors (Lipinski definition) is 2. The van der Waals surface area contributed by atoms with Gasteiger partial charge in [-0.15, -0.1) is 34.0 Å². The Morgan fingerprint density at radius 3 is 1.40 bits per heavy atom. The highest BCUT2D eigenvalue weighted by Gasteiger charge is 2.19. The highest BCUT2D eigenvalue weighted by atomic mass is 32.2. The second-order valence-corrected chi connectivity index (χ2v) is 20.0. The molecular weight excluding hydrogens is 789 g/mol. The normalized spacial score (nSPS) is 12.3. The number of carbonyl (C=O) groups excluding carboxylic acids is 1. The van der Waals surface area contributed by atoms with Gasteiger partial charge in [0.25, 0.3) is 0 Å². The van der Waals surface area contributed by atoms with E-state index in [4.69, 9.17) is 9.97 Å². The molecule has 0 aliphatic carbocycles. The summed E-state index contributed by atoms with van der Waals surface area (Å²) in [7, 11) is 0. The van der Waals surface area contributed by atoms with Crippen molar-refractivity contribution in [3.63, 3.8) is 0 Å². The van der Waals surface area contributed by atoms with E-state index in [1.807, 2.05) is 11.3 Å². The number of aryl methyl sites for hydroxylation is 3. The molecule has 5 nitrogen and oxygen atoms in total. The van der Waals surface area contributed by atoms with Gasteiger partial charge in [0, 0.05) is 75.6 Å². The minimum absolute atomic E-state index is 0.116. The first-order valence-corrected chi connectivity index (χ1v) is 24.3. The molecule has 0 radical (unpaired) electrons. The molecule has 8 heterocycles. The Bertz CT molecular complexity index is 2640. The van der Waals surface area contributed by atoms with Crippen LogP contribution in [-0.2, 0) is 24.1 Å². The molecular formula is C49H52N4OS4. The van der Waals surface area contributed by atoms with E-state index in [1.165, 1.54) is 96.9 Å². The summed E-state index contributed by atoms with van der Waals surface area (Å²) < 4.78 is 1.03. The van der Waals surface area contributed by atoms with Crippen LogP contribution in [0.15, 0.2) is 64.9 Å². The molecule has 2 N–H and O–H groups in total. The summed E-state index contributed by atoms with van der Waals surface area (Å²) in [5.74, 6) is 0. The minimum Gasteiger partial charge on any atom is -0.355 e. The first-order chi connectivity index (χ1) is 28.4. The van der Waals surface area contributed by atoms with Crippen LogP contribution in [0.4, 0.5) is 0 Å². The van der Waals surface area contributed by atoms with Crippen molar-refractivity contribution in [2.75, 3.05) is 0 Å². The Morgan fingerprint density at radius 2 is 0.897 bits per heavy atom. The first-order valence-electron chi connectivity index (χ1n) is 21.0. The standard InChI is InChI=1S/C49H52N4OS4/c1-5-8-11-14-32-35-17-19-37(50-35)33(15-12-9-6-2)39-21-23-41(52-39)49(42-24-22-40(53-42)34(16-13-10-7-3)38-20-18-36(32)51-38)47-28-27-44(57-47)43-25-26-45(56-43)46-29-30-48(58-46)55-31(4)54/h17-30,50,53H,5-16H2,1-4H3. The Kier molecular flexibility index (Phi) is 13.1. The van der Waals surface area contributed by atoms with Crippen molar-refractivity contribution in [2.24, 2.45) is 0 Å². The number of nitrogens with zero attached hydrogens (tertiary/aromatic N) is 2. The number of carbonyl (C=O) groups is 1. The average Bonchev–Trinajstić information content (AvgIpc) is 4.07. The quantitative estimate of drug-likeness (QED) is 0.0751. The number of nitrogens with one attached hydrogen (secondary N) is 2. The zero-order chi connectivity index (χ0) is 40.0. The highest BCUT2D eigenvalue weighted by molar-refractivity contribution is 8.15. The predicted molar refractivity (Wildman–Crippen MR) is 255 cm³/mol. The maximum atomic E-state index is 11.7. The lowest BCUT2D eigenvalue weighted by atomic mass is 10.1. The van der Waals surface area contributed by atoms with E-state index in [2.05, 4.69) is 116 Å². The monoisotopic (exact) mass is 840 g/mol. The van der Waals surface area contributed by atoms with Gasteiger partial charge >= 0.3 is 0 Å². The Morgan fingerprint density at radius 1 is 0.500 bits per heavy atom. The minimum atomic E-state index is 0.116. The molecule has 0 fully saturated rings. The Labute approximate surface area is 358 Å². The Hall–Kier alpha value is -4.28. The first kappa shape index (κ1) is 40.5. The molecule has 298 valence electrons. The lowest BCUT2D eigenvalue weighted by molar-refractivity contribution is -0.109. The average molecular weight is 841 g/mol. The van der Waals surface area contributed by atoms with Gasteiger partial charge in [-0.25, -0.2) is 9.97 Å². The predicted octanol–water partition coefficient (Wildman–Crippen LogP) is 15.7. The van der Waals surface area contributed by atoms with E-state index < -0.39 is 0 Å². The summed E-state index contributed by atoms with van der Waals surface area (Å²) in [6.07, 6.45) is 22.4. The molecule has 58 heavy (non-hydrogen) atoms. The zero-order valence-electron chi connectivity index (χ0n) is 34.0. The second-order valence-electron chi connectivity index (χ2n) is 15.2. The fourth-order valence-corrected chi connectivity index (χ4v) is 12.1.